The van der Waals surface area contributed by atoms with Crippen LogP contribution in [0.3, 0.4) is 0 Å². The molecule has 0 fully saturated rings. The number of fused-ring (bicyclic) bond motifs is 1. The average Bonchev–Trinajstić information content (AvgIpc) is 2.68. The Morgan fingerprint density at radius 3 is 2.04 bits per heavy atom. The molecule has 2 aromatic rings. The molecule has 0 amide bonds. The SMILES string of the molecule is Cc1ccc(S(=O)(=O)O)cc1.Cc1ccc2c(c1)C(C)(C)C(C)N2C. The van der Waals surface area contributed by atoms with Crippen LogP contribution >= 0.6 is 0 Å². The summed E-state index contributed by atoms with van der Waals surface area (Å²) in [5.74, 6) is 0. The van der Waals surface area contributed by atoms with Crippen LogP contribution in [0.1, 0.15) is 37.5 Å². The van der Waals surface area contributed by atoms with Crippen molar-refractivity contribution in [1.82, 2.24) is 0 Å². The number of anilines is 1. The van der Waals surface area contributed by atoms with Crippen LogP contribution in [0.2, 0.25) is 0 Å². The van der Waals surface area contributed by atoms with Gasteiger partial charge in [0, 0.05) is 24.2 Å². The highest BCUT2D eigenvalue weighted by atomic mass is 32.2. The molecule has 3 rings (SSSR count). The van der Waals surface area contributed by atoms with Gasteiger partial charge in [0.25, 0.3) is 10.1 Å². The molecule has 1 aliphatic rings. The predicted octanol–water partition coefficient (Wildman–Crippen LogP) is 4.35. The number of hydrogen-bond acceptors (Lipinski definition) is 3. The summed E-state index contributed by atoms with van der Waals surface area (Å²) in [5, 5.41) is 0. The number of hydrogen-bond donors (Lipinski definition) is 1. The van der Waals surface area contributed by atoms with Crippen LogP contribution in [0, 0.1) is 13.8 Å². The minimum atomic E-state index is -4.02. The van der Waals surface area contributed by atoms with Gasteiger partial charge in [-0.15, -0.1) is 0 Å². The summed E-state index contributed by atoms with van der Waals surface area (Å²) in [4.78, 5) is 2.32. The van der Waals surface area contributed by atoms with Crippen LogP contribution in [0.25, 0.3) is 0 Å². The highest BCUT2D eigenvalue weighted by Gasteiger charge is 2.39. The van der Waals surface area contributed by atoms with E-state index in [1.165, 1.54) is 28.9 Å². The zero-order valence-electron chi connectivity index (χ0n) is 15.7. The van der Waals surface area contributed by atoms with Crippen LogP contribution < -0.4 is 4.90 Å². The van der Waals surface area contributed by atoms with Crippen molar-refractivity contribution in [2.75, 3.05) is 11.9 Å². The largest absolute Gasteiger partial charge is 0.371 e. The second-order valence-corrected chi connectivity index (χ2v) is 8.74. The van der Waals surface area contributed by atoms with Gasteiger partial charge in [-0.2, -0.15) is 8.42 Å². The first-order chi connectivity index (χ1) is 11.4. The average molecular weight is 362 g/mol. The molecule has 1 heterocycles. The molecule has 0 radical (unpaired) electrons. The van der Waals surface area contributed by atoms with Gasteiger partial charge in [0.15, 0.2) is 0 Å². The third-order valence-electron chi connectivity index (χ3n) is 5.17. The maximum absolute atomic E-state index is 10.5. The molecule has 136 valence electrons. The fourth-order valence-corrected chi connectivity index (χ4v) is 3.58. The third-order valence-corrected chi connectivity index (χ3v) is 6.04. The van der Waals surface area contributed by atoms with Crippen molar-refractivity contribution in [3.63, 3.8) is 0 Å². The normalized spacial score (nSPS) is 18.4. The molecular formula is C20H27NO3S. The minimum Gasteiger partial charge on any atom is -0.371 e. The molecule has 5 heteroatoms. The lowest BCUT2D eigenvalue weighted by Gasteiger charge is -2.28. The lowest BCUT2D eigenvalue weighted by atomic mass is 9.81. The quantitative estimate of drug-likeness (QED) is 0.767. The Morgan fingerprint density at radius 2 is 1.52 bits per heavy atom. The van der Waals surface area contributed by atoms with Crippen molar-refractivity contribution in [3.8, 4) is 0 Å². The summed E-state index contributed by atoms with van der Waals surface area (Å²) in [6.07, 6.45) is 0. The highest BCUT2D eigenvalue weighted by molar-refractivity contribution is 7.85. The van der Waals surface area contributed by atoms with Crippen molar-refractivity contribution in [3.05, 3.63) is 59.2 Å². The van der Waals surface area contributed by atoms with Crippen LogP contribution in [-0.2, 0) is 15.5 Å². The maximum Gasteiger partial charge on any atom is 0.294 e. The van der Waals surface area contributed by atoms with E-state index in [0.29, 0.717) is 6.04 Å². The van der Waals surface area contributed by atoms with Gasteiger partial charge in [-0.05, 0) is 44.5 Å². The first-order valence-corrected chi connectivity index (χ1v) is 9.76. The van der Waals surface area contributed by atoms with Crippen molar-refractivity contribution in [1.29, 1.82) is 0 Å². The van der Waals surface area contributed by atoms with Gasteiger partial charge in [-0.3, -0.25) is 4.55 Å². The fourth-order valence-electron chi connectivity index (χ4n) is 3.10. The van der Waals surface area contributed by atoms with Crippen molar-refractivity contribution in [2.45, 2.75) is 51.0 Å². The van der Waals surface area contributed by atoms with Crippen LogP contribution in [0.5, 0.6) is 0 Å². The molecule has 0 saturated carbocycles. The lowest BCUT2D eigenvalue weighted by Crippen LogP contribution is -2.36. The molecule has 0 saturated heterocycles. The summed E-state index contributed by atoms with van der Waals surface area (Å²) in [5.41, 5.74) is 5.48. The number of likely N-dealkylation sites (N-methyl/N-ethyl adjacent to an activating group) is 1. The molecule has 1 atom stereocenters. The van der Waals surface area contributed by atoms with E-state index in [1.807, 2.05) is 6.92 Å². The lowest BCUT2D eigenvalue weighted by molar-refractivity contribution is 0.454. The maximum atomic E-state index is 10.5. The second-order valence-electron chi connectivity index (χ2n) is 7.32. The molecule has 0 bridgehead atoms. The standard InChI is InChI=1S/C13H19N.C7H8O3S/c1-9-6-7-12-11(8-9)13(3,4)10(2)14(12)5;1-6-2-4-7(5-3-6)11(8,9)10/h6-8,10H,1-5H3;2-5H,1H3,(H,8,9,10). The van der Waals surface area contributed by atoms with Gasteiger partial charge >= 0.3 is 0 Å². The zero-order chi connectivity index (χ0) is 19.0. The Hall–Kier alpha value is -1.85. The summed E-state index contributed by atoms with van der Waals surface area (Å²) in [6.45, 7) is 11.0. The Morgan fingerprint density at radius 1 is 1.00 bits per heavy atom. The molecule has 0 aromatic heterocycles. The van der Waals surface area contributed by atoms with E-state index in [1.54, 1.807) is 12.1 Å². The van der Waals surface area contributed by atoms with Gasteiger partial charge in [0.2, 0.25) is 0 Å². The summed E-state index contributed by atoms with van der Waals surface area (Å²) in [6, 6.07) is 13.3. The Labute approximate surface area is 151 Å². The molecule has 1 N–H and O–H groups in total. The summed E-state index contributed by atoms with van der Waals surface area (Å²) in [7, 11) is -1.83. The van der Waals surface area contributed by atoms with Gasteiger partial charge < -0.3 is 4.90 Å². The van der Waals surface area contributed by atoms with Crippen LogP contribution in [0.4, 0.5) is 5.69 Å². The van der Waals surface area contributed by atoms with E-state index in [2.05, 4.69) is 57.8 Å². The minimum absolute atomic E-state index is 0.0666. The van der Waals surface area contributed by atoms with Crippen LogP contribution in [0.15, 0.2) is 47.4 Å². The topological polar surface area (TPSA) is 57.6 Å². The first-order valence-electron chi connectivity index (χ1n) is 8.32. The van der Waals surface area contributed by atoms with Crippen molar-refractivity contribution < 1.29 is 13.0 Å². The molecule has 25 heavy (non-hydrogen) atoms. The zero-order valence-corrected chi connectivity index (χ0v) is 16.6. The van der Waals surface area contributed by atoms with E-state index in [-0.39, 0.29) is 10.3 Å². The third kappa shape index (κ3) is 4.05. The summed E-state index contributed by atoms with van der Waals surface area (Å²) < 4.78 is 29.6. The van der Waals surface area contributed by atoms with Gasteiger partial charge in [0.05, 0.1) is 4.90 Å². The van der Waals surface area contributed by atoms with Crippen molar-refractivity contribution >= 4 is 15.8 Å². The molecule has 2 aromatic carbocycles. The molecule has 0 aliphatic carbocycles. The van der Waals surface area contributed by atoms with Gasteiger partial charge in [-0.1, -0.05) is 49.2 Å². The van der Waals surface area contributed by atoms with E-state index in [0.717, 1.165) is 5.56 Å². The Kier molecular flexibility index (Phi) is 5.30. The molecule has 4 nitrogen and oxygen atoms in total. The monoisotopic (exact) mass is 361 g/mol. The van der Waals surface area contributed by atoms with Crippen molar-refractivity contribution in [2.24, 2.45) is 0 Å². The highest BCUT2D eigenvalue weighted by Crippen LogP contribution is 2.44. The molecule has 1 unspecified atom stereocenters. The fraction of sp³-hybridized carbons (Fsp3) is 0.400. The van der Waals surface area contributed by atoms with Crippen LogP contribution in [-0.4, -0.2) is 26.1 Å². The van der Waals surface area contributed by atoms with E-state index < -0.39 is 10.1 Å². The first kappa shape index (κ1) is 19.5. The second kappa shape index (κ2) is 6.81. The van der Waals surface area contributed by atoms with Gasteiger partial charge in [-0.25, -0.2) is 0 Å². The molecular weight excluding hydrogens is 334 g/mol. The van der Waals surface area contributed by atoms with E-state index >= 15 is 0 Å². The van der Waals surface area contributed by atoms with E-state index in [9.17, 15) is 8.42 Å². The smallest absolute Gasteiger partial charge is 0.294 e. The number of benzene rings is 2. The Balaban J connectivity index is 0.000000186. The van der Waals surface area contributed by atoms with E-state index in [4.69, 9.17) is 4.55 Å². The van der Waals surface area contributed by atoms with Gasteiger partial charge in [0.1, 0.15) is 0 Å². The Bertz CT molecular complexity index is 855. The number of rotatable bonds is 1. The summed E-state index contributed by atoms with van der Waals surface area (Å²) >= 11 is 0. The molecule has 1 aliphatic heterocycles. The predicted molar refractivity (Wildman–Crippen MR) is 103 cm³/mol. The number of nitrogens with zero attached hydrogens (tertiary/aromatic N) is 1. The molecule has 0 spiro atoms. The number of aryl methyl sites for hydroxylation is 2.